The largest absolute Gasteiger partial charge is 0.483 e. The van der Waals surface area contributed by atoms with E-state index in [1.807, 2.05) is 4.90 Å². The van der Waals surface area contributed by atoms with Crippen LogP contribution in [0, 0.1) is 11.8 Å². The lowest BCUT2D eigenvalue weighted by atomic mass is 10.1. The summed E-state index contributed by atoms with van der Waals surface area (Å²) in [5.41, 5.74) is 0.410. The molecule has 3 heterocycles. The smallest absolute Gasteiger partial charge is 0.290 e. The molecule has 1 aliphatic carbocycles. The number of nitrogens with zero attached hydrogens (tertiary/aromatic N) is 3. The maximum absolute atomic E-state index is 12.8. The number of rotatable bonds is 3. The molecular formula is C19H25Cl2N3O6. The van der Waals surface area contributed by atoms with E-state index in [4.69, 9.17) is 47.7 Å². The Morgan fingerprint density at radius 2 is 1.87 bits per heavy atom. The number of likely N-dealkylation sites (tertiary alicyclic amines) is 1. The van der Waals surface area contributed by atoms with Crippen LogP contribution >= 0.6 is 23.2 Å². The molecule has 2 N–H and O–H groups in total. The first-order valence-corrected chi connectivity index (χ1v) is 10.3. The van der Waals surface area contributed by atoms with Crippen molar-refractivity contribution in [3.63, 3.8) is 0 Å². The number of carbonyl (C=O) groups excluding carboxylic acids is 1. The van der Waals surface area contributed by atoms with E-state index >= 15 is 0 Å². The van der Waals surface area contributed by atoms with Crippen LogP contribution < -0.4 is 0 Å². The van der Waals surface area contributed by atoms with Gasteiger partial charge in [-0.05, 0) is 24.8 Å². The molecule has 1 amide bonds. The summed E-state index contributed by atoms with van der Waals surface area (Å²) >= 11 is 12.0. The van der Waals surface area contributed by atoms with Crippen molar-refractivity contribution in [3.8, 4) is 0 Å². The van der Waals surface area contributed by atoms with Crippen LogP contribution in [0.2, 0.25) is 10.2 Å². The molecular weight excluding hydrogens is 437 g/mol. The standard InChI is InChI=1S/C17H21Cl2N3O2.2CH2O2/c18-14-5-16(19)20-6-13(14)17(23)22-9-12-8-21(7-11-1-2-11)3-4-24-15(12)10-22;2*2-1-3/h5-6,11-12,15H,1-4,7-10H2;2*1H,(H,2,3)/t12-,15+;;/m0../s1. The second-order valence-corrected chi connectivity index (χ2v) is 8.07. The molecule has 0 bridgehead atoms. The normalized spacial score (nSPS) is 23.1. The lowest BCUT2D eigenvalue weighted by molar-refractivity contribution is -0.123. The molecule has 1 aromatic rings. The minimum atomic E-state index is -0.250. The molecule has 30 heavy (non-hydrogen) atoms. The van der Waals surface area contributed by atoms with Crippen LogP contribution in [0.25, 0.3) is 0 Å². The Bertz CT molecular complexity index is 728. The van der Waals surface area contributed by atoms with Gasteiger partial charge in [0.15, 0.2) is 0 Å². The van der Waals surface area contributed by atoms with E-state index in [-0.39, 0.29) is 25.0 Å². The van der Waals surface area contributed by atoms with Gasteiger partial charge >= 0.3 is 0 Å². The van der Waals surface area contributed by atoms with Crippen LogP contribution in [0.4, 0.5) is 0 Å². The van der Waals surface area contributed by atoms with E-state index in [0.717, 1.165) is 25.6 Å². The van der Waals surface area contributed by atoms with Gasteiger partial charge in [-0.1, -0.05) is 23.2 Å². The van der Waals surface area contributed by atoms with Crippen molar-refractivity contribution in [2.45, 2.75) is 18.9 Å². The molecule has 0 unspecified atom stereocenters. The second kappa shape index (κ2) is 12.0. The summed E-state index contributed by atoms with van der Waals surface area (Å²) in [5.74, 6) is 1.16. The van der Waals surface area contributed by atoms with Gasteiger partial charge < -0.3 is 24.7 Å². The highest BCUT2D eigenvalue weighted by molar-refractivity contribution is 6.36. The zero-order chi connectivity index (χ0) is 22.1. The van der Waals surface area contributed by atoms with E-state index in [1.54, 1.807) is 0 Å². The Balaban J connectivity index is 0.000000480. The first-order valence-electron chi connectivity index (χ1n) is 9.53. The maximum atomic E-state index is 12.8. The zero-order valence-electron chi connectivity index (χ0n) is 16.3. The van der Waals surface area contributed by atoms with E-state index in [2.05, 4.69) is 9.88 Å². The second-order valence-electron chi connectivity index (χ2n) is 7.28. The van der Waals surface area contributed by atoms with Crippen molar-refractivity contribution in [1.29, 1.82) is 0 Å². The van der Waals surface area contributed by atoms with Gasteiger partial charge in [-0.3, -0.25) is 14.4 Å². The third-order valence-corrected chi connectivity index (χ3v) is 5.68. The number of hydrogen-bond acceptors (Lipinski definition) is 6. The van der Waals surface area contributed by atoms with Gasteiger partial charge in [0.1, 0.15) is 5.15 Å². The Labute approximate surface area is 184 Å². The fraction of sp³-hybridized carbons (Fsp3) is 0.579. The number of aromatic nitrogens is 1. The summed E-state index contributed by atoms with van der Waals surface area (Å²) < 4.78 is 6.02. The number of hydrogen-bond donors (Lipinski definition) is 2. The Morgan fingerprint density at radius 1 is 1.20 bits per heavy atom. The average Bonchev–Trinajstić information content (AvgIpc) is 3.45. The van der Waals surface area contributed by atoms with Crippen LogP contribution in [0.1, 0.15) is 23.2 Å². The van der Waals surface area contributed by atoms with Gasteiger partial charge in [0.05, 0.1) is 23.3 Å². The minimum Gasteiger partial charge on any atom is -0.483 e. The number of carbonyl (C=O) groups is 3. The lowest BCUT2D eigenvalue weighted by Crippen LogP contribution is -2.35. The molecule has 1 aromatic heterocycles. The van der Waals surface area contributed by atoms with E-state index in [9.17, 15) is 4.79 Å². The van der Waals surface area contributed by atoms with E-state index < -0.39 is 0 Å². The van der Waals surface area contributed by atoms with Crippen molar-refractivity contribution in [2.75, 3.05) is 39.3 Å². The highest BCUT2D eigenvalue weighted by Gasteiger charge is 2.39. The van der Waals surface area contributed by atoms with Gasteiger partial charge in [-0.25, -0.2) is 4.98 Å². The van der Waals surface area contributed by atoms with Crippen LogP contribution in [0.15, 0.2) is 12.3 Å². The highest BCUT2D eigenvalue weighted by Crippen LogP contribution is 2.32. The van der Waals surface area contributed by atoms with Crippen molar-refractivity contribution in [3.05, 3.63) is 28.0 Å². The van der Waals surface area contributed by atoms with Crippen molar-refractivity contribution in [1.82, 2.24) is 14.8 Å². The molecule has 2 aliphatic heterocycles. The van der Waals surface area contributed by atoms with Crippen LogP contribution in [0.5, 0.6) is 0 Å². The summed E-state index contributed by atoms with van der Waals surface area (Å²) in [6.07, 6.45) is 4.30. The number of halogens is 2. The summed E-state index contributed by atoms with van der Waals surface area (Å²) in [5, 5.41) is 14.4. The number of ether oxygens (including phenoxy) is 1. The number of fused-ring (bicyclic) bond motifs is 1. The highest BCUT2D eigenvalue weighted by atomic mass is 35.5. The molecule has 0 aromatic carbocycles. The fourth-order valence-corrected chi connectivity index (χ4v) is 4.14. The molecule has 1 saturated carbocycles. The first kappa shape index (κ1) is 24.3. The molecule has 4 rings (SSSR count). The SMILES string of the molecule is O=C(c1cnc(Cl)cc1Cl)N1C[C@@H]2CN(CC3CC3)CCO[C@@H]2C1.O=CO.O=CO. The van der Waals surface area contributed by atoms with Crippen LogP contribution in [0.3, 0.4) is 0 Å². The van der Waals surface area contributed by atoms with Gasteiger partial charge in [0.25, 0.3) is 18.9 Å². The fourth-order valence-electron chi connectivity index (χ4n) is 3.69. The third kappa shape index (κ3) is 7.09. The Morgan fingerprint density at radius 3 is 2.47 bits per heavy atom. The Hall–Kier alpha value is -1.94. The van der Waals surface area contributed by atoms with Crippen LogP contribution in [-0.4, -0.2) is 89.3 Å². The molecule has 0 spiro atoms. The average molecular weight is 462 g/mol. The van der Waals surface area contributed by atoms with Gasteiger partial charge in [-0.15, -0.1) is 0 Å². The quantitative estimate of drug-likeness (QED) is 0.517. The van der Waals surface area contributed by atoms with Crippen molar-refractivity contribution >= 4 is 42.1 Å². The first-order chi connectivity index (χ1) is 14.4. The summed E-state index contributed by atoms with van der Waals surface area (Å²) in [7, 11) is 0. The Kier molecular flexibility index (Phi) is 9.77. The molecule has 2 saturated heterocycles. The lowest BCUT2D eigenvalue weighted by Gasteiger charge is -2.23. The van der Waals surface area contributed by atoms with Crippen molar-refractivity contribution < 1.29 is 29.3 Å². The molecule has 11 heteroatoms. The summed E-state index contributed by atoms with van der Waals surface area (Å²) in [6.45, 7) is 4.78. The van der Waals surface area contributed by atoms with Crippen LogP contribution in [-0.2, 0) is 14.3 Å². The van der Waals surface area contributed by atoms with E-state index in [0.29, 0.717) is 34.7 Å². The molecule has 0 radical (unpaired) electrons. The maximum Gasteiger partial charge on any atom is 0.290 e. The monoisotopic (exact) mass is 461 g/mol. The predicted octanol–water partition coefficient (Wildman–Crippen LogP) is 1.97. The van der Waals surface area contributed by atoms with Crippen molar-refractivity contribution in [2.24, 2.45) is 11.8 Å². The number of amides is 1. The number of carboxylic acid groups (broad SMARTS) is 2. The van der Waals surface area contributed by atoms with Gasteiger partial charge in [0, 0.05) is 44.8 Å². The molecule has 2 atom stereocenters. The topological polar surface area (TPSA) is 120 Å². The zero-order valence-corrected chi connectivity index (χ0v) is 17.8. The van der Waals surface area contributed by atoms with Gasteiger partial charge in [0.2, 0.25) is 0 Å². The minimum absolute atomic E-state index is 0.0883. The number of pyridine rings is 1. The molecule has 166 valence electrons. The van der Waals surface area contributed by atoms with Gasteiger partial charge in [-0.2, -0.15) is 0 Å². The molecule has 3 fully saturated rings. The summed E-state index contributed by atoms with van der Waals surface area (Å²) in [6, 6.07) is 1.51. The third-order valence-electron chi connectivity index (χ3n) is 5.16. The van der Waals surface area contributed by atoms with E-state index in [1.165, 1.54) is 31.6 Å². The summed E-state index contributed by atoms with van der Waals surface area (Å²) in [4.78, 5) is 37.8. The molecule has 3 aliphatic rings. The predicted molar refractivity (Wildman–Crippen MR) is 110 cm³/mol. The molecule has 9 nitrogen and oxygen atoms in total.